The number of ketones is 1. The Morgan fingerprint density at radius 2 is 2.07 bits per heavy atom. The van der Waals surface area contributed by atoms with E-state index in [9.17, 15) is 19.8 Å². The molecule has 3 aliphatic carbocycles. The second-order valence-electron chi connectivity index (χ2n) is 9.37. The number of aliphatic hydroxyl groups is 1. The molecule has 2 saturated carbocycles. The number of carbonyl (C=O) groups excluding carboxylic acids is 2. The normalized spacial score (nSPS) is 35.8. The lowest BCUT2D eigenvalue weighted by Gasteiger charge is -2.64. The van der Waals surface area contributed by atoms with Gasteiger partial charge in [-0.15, -0.1) is 0 Å². The Hall–Kier alpha value is -1.92. The molecule has 0 spiro atoms. The maximum Gasteiger partial charge on any atom is 0.252 e. The summed E-state index contributed by atoms with van der Waals surface area (Å²) in [6, 6.07) is 3.77. The number of nitrogens with two attached hydrogens (primary N) is 1. The van der Waals surface area contributed by atoms with Gasteiger partial charge in [0, 0.05) is 35.9 Å². The minimum atomic E-state index is -1.08. The predicted molar refractivity (Wildman–Crippen MR) is 103 cm³/mol. The summed E-state index contributed by atoms with van der Waals surface area (Å²) in [5.41, 5.74) is 5.14. The molecule has 0 aromatic heterocycles. The smallest absolute Gasteiger partial charge is 0.252 e. The van der Waals surface area contributed by atoms with Crippen LogP contribution in [0.2, 0.25) is 0 Å². The number of carbonyl (C=O) groups is 2. The van der Waals surface area contributed by atoms with Gasteiger partial charge in [0.05, 0.1) is 11.2 Å². The molecule has 2 bridgehead atoms. The fourth-order valence-electron chi connectivity index (χ4n) is 6.48. The van der Waals surface area contributed by atoms with Crippen molar-refractivity contribution in [1.82, 2.24) is 4.90 Å². The van der Waals surface area contributed by atoms with Crippen molar-refractivity contribution >= 4 is 11.7 Å². The van der Waals surface area contributed by atoms with Gasteiger partial charge in [0.25, 0.3) is 5.91 Å². The van der Waals surface area contributed by atoms with Gasteiger partial charge in [-0.25, -0.2) is 0 Å². The number of hydrogen-bond donors (Lipinski definition) is 3. The number of phenols is 1. The monoisotopic (exact) mass is 384 g/mol. The van der Waals surface area contributed by atoms with Crippen molar-refractivity contribution in [3.63, 3.8) is 0 Å². The van der Waals surface area contributed by atoms with Crippen molar-refractivity contribution < 1.29 is 19.8 Å². The van der Waals surface area contributed by atoms with Gasteiger partial charge >= 0.3 is 0 Å². The van der Waals surface area contributed by atoms with Crippen LogP contribution >= 0.6 is 0 Å². The third-order valence-corrected chi connectivity index (χ3v) is 8.11. The minimum Gasteiger partial charge on any atom is -0.507 e. The fourth-order valence-corrected chi connectivity index (χ4v) is 6.48. The summed E-state index contributed by atoms with van der Waals surface area (Å²) in [5.74, 6) is -0.0261. The van der Waals surface area contributed by atoms with E-state index in [0.29, 0.717) is 43.2 Å². The summed E-state index contributed by atoms with van der Waals surface area (Å²) in [7, 11) is 0. The molecule has 0 radical (unpaired) electrons. The zero-order chi connectivity index (χ0) is 19.8. The van der Waals surface area contributed by atoms with Crippen molar-refractivity contribution in [2.45, 2.75) is 75.0 Å². The second kappa shape index (κ2) is 5.80. The molecule has 1 aliphatic heterocycles. The zero-order valence-electron chi connectivity index (χ0n) is 16.3. The standard InChI is InChI=1S/C22H28N2O4/c1-12(13-2-3-13)24-9-8-21-11-15(25)6-7-22(21,28)17(24)10-14-4-5-16(20(23)27)19(26)18(14)21/h4-5,12-13,17,26,28H,2-3,6-11H2,1H3,(H2,23,27)/t12-,17+,21?,22+/m0/s1. The van der Waals surface area contributed by atoms with E-state index >= 15 is 0 Å². The maximum atomic E-state index is 12.5. The Kier molecular flexibility index (Phi) is 3.75. The molecule has 1 saturated heterocycles. The van der Waals surface area contributed by atoms with Crippen LogP contribution < -0.4 is 5.73 Å². The molecule has 4 N–H and O–H groups in total. The van der Waals surface area contributed by atoms with Gasteiger partial charge in [0.1, 0.15) is 11.5 Å². The topological polar surface area (TPSA) is 104 Å². The minimum absolute atomic E-state index is 0.0701. The van der Waals surface area contributed by atoms with Crippen LogP contribution in [-0.4, -0.2) is 51.0 Å². The number of hydrogen-bond acceptors (Lipinski definition) is 5. The van der Waals surface area contributed by atoms with Gasteiger partial charge in [0.15, 0.2) is 0 Å². The lowest BCUT2D eigenvalue weighted by Crippen LogP contribution is -2.74. The first-order chi connectivity index (χ1) is 13.3. The molecular formula is C22H28N2O4. The number of fused-ring (bicyclic) bond motifs is 1. The second-order valence-corrected chi connectivity index (χ2v) is 9.37. The van der Waals surface area contributed by atoms with E-state index in [4.69, 9.17) is 5.73 Å². The first kappa shape index (κ1) is 18.1. The lowest BCUT2D eigenvalue weighted by atomic mass is 9.49. The number of piperidine rings is 1. The summed E-state index contributed by atoms with van der Waals surface area (Å²) in [4.78, 5) is 26.8. The van der Waals surface area contributed by atoms with E-state index < -0.39 is 16.9 Å². The number of rotatable bonds is 3. The highest BCUT2D eigenvalue weighted by atomic mass is 16.3. The van der Waals surface area contributed by atoms with Crippen LogP contribution in [0.5, 0.6) is 5.75 Å². The van der Waals surface area contributed by atoms with E-state index in [-0.39, 0.29) is 29.6 Å². The van der Waals surface area contributed by atoms with Crippen LogP contribution in [0, 0.1) is 5.92 Å². The first-order valence-corrected chi connectivity index (χ1v) is 10.4. The van der Waals surface area contributed by atoms with Crippen LogP contribution in [0.3, 0.4) is 0 Å². The van der Waals surface area contributed by atoms with Gasteiger partial charge in [-0.1, -0.05) is 6.07 Å². The molecule has 4 atom stereocenters. The molecule has 4 aliphatic rings. The van der Waals surface area contributed by atoms with Crippen molar-refractivity contribution in [1.29, 1.82) is 0 Å². The van der Waals surface area contributed by atoms with E-state index in [1.54, 1.807) is 6.07 Å². The van der Waals surface area contributed by atoms with E-state index in [0.717, 1.165) is 12.1 Å². The SMILES string of the molecule is C[C@@H](C1CC1)N1CCC23CC(=O)CC[C@@]2(O)[C@H]1Cc1ccc(C(N)=O)c(O)c13. The summed E-state index contributed by atoms with van der Waals surface area (Å²) in [6.45, 7) is 3.04. The molecule has 28 heavy (non-hydrogen) atoms. The third kappa shape index (κ3) is 2.22. The molecule has 5 rings (SSSR count). The Balaban J connectivity index is 1.70. The molecule has 6 nitrogen and oxygen atoms in total. The van der Waals surface area contributed by atoms with Crippen LogP contribution in [0.15, 0.2) is 12.1 Å². The Morgan fingerprint density at radius 1 is 1.32 bits per heavy atom. The molecule has 150 valence electrons. The van der Waals surface area contributed by atoms with Crippen LogP contribution in [0.4, 0.5) is 0 Å². The van der Waals surface area contributed by atoms with Crippen LogP contribution in [0.25, 0.3) is 0 Å². The van der Waals surface area contributed by atoms with Crippen LogP contribution in [0.1, 0.15) is 66.9 Å². The average Bonchev–Trinajstić information content (AvgIpc) is 3.46. The first-order valence-electron chi connectivity index (χ1n) is 10.4. The van der Waals surface area contributed by atoms with Gasteiger partial charge in [-0.2, -0.15) is 0 Å². The van der Waals surface area contributed by atoms with E-state index in [1.807, 2.05) is 6.07 Å². The highest BCUT2D eigenvalue weighted by Crippen LogP contribution is 2.60. The fraction of sp³-hybridized carbons (Fsp3) is 0.636. The van der Waals surface area contributed by atoms with Gasteiger partial charge in [-0.3, -0.25) is 14.5 Å². The van der Waals surface area contributed by atoms with E-state index in [1.165, 1.54) is 12.8 Å². The summed E-state index contributed by atoms with van der Waals surface area (Å²) in [6.07, 6.45) is 4.69. The number of primary amides is 1. The predicted octanol–water partition coefficient (Wildman–Crippen LogP) is 1.64. The Bertz CT molecular complexity index is 880. The highest BCUT2D eigenvalue weighted by molar-refractivity contribution is 5.96. The highest BCUT2D eigenvalue weighted by Gasteiger charge is 2.66. The Morgan fingerprint density at radius 3 is 2.75 bits per heavy atom. The van der Waals surface area contributed by atoms with Gasteiger partial charge in [0.2, 0.25) is 0 Å². The summed E-state index contributed by atoms with van der Waals surface area (Å²) in [5, 5.41) is 23.1. The van der Waals surface area contributed by atoms with Gasteiger partial charge in [-0.05, 0) is 63.1 Å². The number of likely N-dealkylation sites (tertiary alicyclic amines) is 1. The molecule has 1 aromatic rings. The molecule has 6 heteroatoms. The summed E-state index contributed by atoms with van der Waals surface area (Å²) >= 11 is 0. The largest absolute Gasteiger partial charge is 0.507 e. The van der Waals surface area contributed by atoms with Gasteiger partial charge < -0.3 is 15.9 Å². The number of benzene rings is 1. The molecule has 1 amide bonds. The lowest BCUT2D eigenvalue weighted by molar-refractivity contribution is -0.179. The quantitative estimate of drug-likeness (QED) is 0.735. The number of amides is 1. The van der Waals surface area contributed by atoms with E-state index in [2.05, 4.69) is 11.8 Å². The molecule has 1 heterocycles. The molecule has 3 fully saturated rings. The van der Waals surface area contributed by atoms with Crippen LogP contribution in [-0.2, 0) is 16.6 Å². The zero-order valence-corrected chi connectivity index (χ0v) is 16.3. The van der Waals surface area contributed by atoms with Crippen molar-refractivity contribution in [2.24, 2.45) is 11.7 Å². The van der Waals surface area contributed by atoms with Crippen molar-refractivity contribution in [2.75, 3.05) is 6.54 Å². The molecule has 1 aromatic carbocycles. The van der Waals surface area contributed by atoms with Crippen molar-refractivity contribution in [3.05, 3.63) is 28.8 Å². The average molecular weight is 384 g/mol. The molecular weight excluding hydrogens is 356 g/mol. The van der Waals surface area contributed by atoms with Crippen molar-refractivity contribution in [3.8, 4) is 5.75 Å². The Labute approximate surface area is 164 Å². The number of nitrogens with zero attached hydrogens (tertiary/aromatic N) is 1. The number of Topliss-reactive ketones (excluding diaryl/α,β-unsaturated/α-hetero) is 1. The number of aromatic hydroxyl groups is 1. The third-order valence-electron chi connectivity index (χ3n) is 8.11. The molecule has 1 unspecified atom stereocenters. The summed E-state index contributed by atoms with van der Waals surface area (Å²) < 4.78 is 0. The maximum absolute atomic E-state index is 12.5.